The molecular formula is C12H20N2O3. The topological polar surface area (TPSA) is 69.6 Å². The Balaban J connectivity index is 2.03. The highest BCUT2D eigenvalue weighted by Gasteiger charge is 2.08. The van der Waals surface area contributed by atoms with Crippen LogP contribution in [0.1, 0.15) is 25.7 Å². The number of aliphatic carboxylic acids is 1. The second kappa shape index (κ2) is 7.84. The van der Waals surface area contributed by atoms with E-state index in [0.717, 1.165) is 38.2 Å². The van der Waals surface area contributed by atoms with Gasteiger partial charge in [0.1, 0.15) is 0 Å². The minimum Gasteiger partial charge on any atom is -0.478 e. The highest BCUT2D eigenvalue weighted by atomic mass is 16.4. The normalized spacial score (nSPS) is 17.2. The number of amides is 1. The van der Waals surface area contributed by atoms with Crippen LogP contribution in [-0.4, -0.2) is 48.1 Å². The summed E-state index contributed by atoms with van der Waals surface area (Å²) in [6, 6.07) is 0. The molecule has 2 N–H and O–H groups in total. The van der Waals surface area contributed by atoms with Crippen LogP contribution in [0, 0.1) is 0 Å². The summed E-state index contributed by atoms with van der Waals surface area (Å²) in [4.78, 5) is 23.7. The van der Waals surface area contributed by atoms with Gasteiger partial charge in [-0.15, -0.1) is 0 Å². The van der Waals surface area contributed by atoms with E-state index in [9.17, 15) is 9.59 Å². The smallest absolute Gasteiger partial charge is 0.328 e. The zero-order valence-electron chi connectivity index (χ0n) is 10.0. The second-order valence-electron chi connectivity index (χ2n) is 4.22. The maximum absolute atomic E-state index is 11.1. The van der Waals surface area contributed by atoms with E-state index in [2.05, 4.69) is 10.2 Å². The lowest BCUT2D eigenvalue weighted by molar-refractivity contribution is -0.131. The van der Waals surface area contributed by atoms with Crippen LogP contribution >= 0.6 is 0 Å². The predicted molar refractivity (Wildman–Crippen MR) is 64.7 cm³/mol. The third-order valence-electron chi connectivity index (χ3n) is 2.78. The third kappa shape index (κ3) is 6.73. The average molecular weight is 240 g/mol. The van der Waals surface area contributed by atoms with Gasteiger partial charge in [-0.25, -0.2) is 4.79 Å². The Morgan fingerprint density at radius 2 is 1.88 bits per heavy atom. The number of carbonyl (C=O) groups excluding carboxylic acids is 1. The molecule has 96 valence electrons. The van der Waals surface area contributed by atoms with Crippen molar-refractivity contribution in [1.82, 2.24) is 10.2 Å². The van der Waals surface area contributed by atoms with Crippen molar-refractivity contribution in [1.29, 1.82) is 0 Å². The van der Waals surface area contributed by atoms with Gasteiger partial charge >= 0.3 is 5.97 Å². The van der Waals surface area contributed by atoms with Gasteiger partial charge < -0.3 is 15.3 Å². The summed E-state index contributed by atoms with van der Waals surface area (Å²) in [7, 11) is 0. The molecular weight excluding hydrogens is 220 g/mol. The molecule has 1 heterocycles. The van der Waals surface area contributed by atoms with Crippen LogP contribution in [-0.2, 0) is 9.59 Å². The molecule has 1 aliphatic rings. The fourth-order valence-corrected chi connectivity index (χ4v) is 1.90. The molecule has 0 aromatic rings. The van der Waals surface area contributed by atoms with Crippen molar-refractivity contribution < 1.29 is 14.7 Å². The van der Waals surface area contributed by atoms with Crippen LogP contribution in [0.2, 0.25) is 0 Å². The Kier molecular flexibility index (Phi) is 6.32. The number of piperidine rings is 1. The molecule has 0 bridgehead atoms. The summed E-state index contributed by atoms with van der Waals surface area (Å²) in [5, 5.41) is 11.0. The molecule has 0 saturated carbocycles. The lowest BCUT2D eigenvalue weighted by Gasteiger charge is -2.26. The molecule has 0 spiro atoms. The Labute approximate surface area is 101 Å². The third-order valence-corrected chi connectivity index (χ3v) is 2.78. The van der Waals surface area contributed by atoms with Gasteiger partial charge in [-0.1, -0.05) is 6.42 Å². The zero-order chi connectivity index (χ0) is 12.5. The first-order valence-corrected chi connectivity index (χ1v) is 6.09. The van der Waals surface area contributed by atoms with Crippen LogP contribution in [0.4, 0.5) is 0 Å². The predicted octanol–water partition coefficient (Wildman–Crippen LogP) is 0.619. The molecule has 0 aliphatic carbocycles. The summed E-state index contributed by atoms with van der Waals surface area (Å²) in [5.74, 6) is -1.44. The monoisotopic (exact) mass is 240 g/mol. The fraction of sp³-hybridized carbons (Fsp3) is 0.667. The van der Waals surface area contributed by atoms with Gasteiger partial charge in [0.25, 0.3) is 0 Å². The highest BCUT2D eigenvalue weighted by Crippen LogP contribution is 2.08. The molecule has 0 aromatic carbocycles. The van der Waals surface area contributed by atoms with E-state index >= 15 is 0 Å². The molecule has 0 atom stereocenters. The largest absolute Gasteiger partial charge is 0.478 e. The molecule has 1 saturated heterocycles. The maximum atomic E-state index is 11.1. The second-order valence-corrected chi connectivity index (χ2v) is 4.22. The van der Waals surface area contributed by atoms with Crippen LogP contribution < -0.4 is 5.32 Å². The molecule has 1 aliphatic heterocycles. The highest BCUT2D eigenvalue weighted by molar-refractivity contribution is 5.93. The molecule has 1 fully saturated rings. The van der Waals surface area contributed by atoms with Crippen molar-refractivity contribution in [3.8, 4) is 0 Å². The lowest BCUT2D eigenvalue weighted by Crippen LogP contribution is -2.33. The summed E-state index contributed by atoms with van der Waals surface area (Å²) in [5.41, 5.74) is 0. The van der Waals surface area contributed by atoms with Gasteiger partial charge in [-0.05, 0) is 38.9 Å². The van der Waals surface area contributed by atoms with Crippen LogP contribution in [0.5, 0.6) is 0 Å². The van der Waals surface area contributed by atoms with E-state index in [0.29, 0.717) is 6.54 Å². The van der Waals surface area contributed by atoms with Crippen molar-refractivity contribution in [2.75, 3.05) is 26.2 Å². The van der Waals surface area contributed by atoms with E-state index < -0.39 is 5.97 Å². The Morgan fingerprint density at radius 1 is 1.18 bits per heavy atom. The minimum atomic E-state index is -1.10. The molecule has 17 heavy (non-hydrogen) atoms. The number of rotatable bonds is 6. The van der Waals surface area contributed by atoms with E-state index in [1.54, 1.807) is 0 Å². The molecule has 0 radical (unpaired) electrons. The Morgan fingerprint density at radius 3 is 2.53 bits per heavy atom. The number of hydrogen-bond donors (Lipinski definition) is 2. The summed E-state index contributed by atoms with van der Waals surface area (Å²) in [6.07, 6.45) is 6.67. The first-order chi connectivity index (χ1) is 8.18. The molecule has 0 aromatic heterocycles. The number of likely N-dealkylation sites (tertiary alicyclic amines) is 1. The summed E-state index contributed by atoms with van der Waals surface area (Å²) >= 11 is 0. The summed E-state index contributed by atoms with van der Waals surface area (Å²) in [6.45, 7) is 3.92. The summed E-state index contributed by atoms with van der Waals surface area (Å²) < 4.78 is 0. The van der Waals surface area contributed by atoms with Crippen molar-refractivity contribution in [3.63, 3.8) is 0 Å². The van der Waals surface area contributed by atoms with Crippen LogP contribution in [0.3, 0.4) is 0 Å². The number of carbonyl (C=O) groups is 2. The molecule has 1 rings (SSSR count). The first kappa shape index (κ1) is 13.7. The van der Waals surface area contributed by atoms with E-state index in [-0.39, 0.29) is 5.91 Å². The number of carboxylic acid groups (broad SMARTS) is 1. The van der Waals surface area contributed by atoms with Gasteiger partial charge in [-0.3, -0.25) is 4.79 Å². The standard InChI is InChI=1S/C12H20N2O3/c15-11(5-6-12(16)17)13-7-4-10-14-8-2-1-3-9-14/h5-6H,1-4,7-10H2,(H,13,15)(H,16,17)/b6-5+. The fourth-order valence-electron chi connectivity index (χ4n) is 1.90. The SMILES string of the molecule is O=C(O)/C=C/C(=O)NCCCN1CCCCC1. The Hall–Kier alpha value is -1.36. The maximum Gasteiger partial charge on any atom is 0.328 e. The first-order valence-electron chi connectivity index (χ1n) is 6.09. The van der Waals surface area contributed by atoms with E-state index in [4.69, 9.17) is 5.11 Å². The zero-order valence-corrected chi connectivity index (χ0v) is 10.0. The van der Waals surface area contributed by atoms with Crippen molar-refractivity contribution >= 4 is 11.9 Å². The number of nitrogens with one attached hydrogen (secondary N) is 1. The van der Waals surface area contributed by atoms with E-state index in [1.807, 2.05) is 0 Å². The number of nitrogens with zero attached hydrogens (tertiary/aromatic N) is 1. The van der Waals surface area contributed by atoms with Crippen molar-refractivity contribution in [3.05, 3.63) is 12.2 Å². The quantitative estimate of drug-likeness (QED) is 0.527. The van der Waals surface area contributed by atoms with E-state index in [1.165, 1.54) is 19.3 Å². The lowest BCUT2D eigenvalue weighted by atomic mass is 10.1. The molecule has 1 amide bonds. The van der Waals surface area contributed by atoms with Gasteiger partial charge in [0.15, 0.2) is 0 Å². The van der Waals surface area contributed by atoms with Gasteiger partial charge in [0.05, 0.1) is 0 Å². The molecule has 5 heteroatoms. The van der Waals surface area contributed by atoms with Gasteiger partial charge in [0, 0.05) is 18.7 Å². The van der Waals surface area contributed by atoms with Crippen LogP contribution in [0.25, 0.3) is 0 Å². The van der Waals surface area contributed by atoms with Gasteiger partial charge in [-0.2, -0.15) is 0 Å². The van der Waals surface area contributed by atoms with Crippen molar-refractivity contribution in [2.45, 2.75) is 25.7 Å². The molecule has 5 nitrogen and oxygen atoms in total. The minimum absolute atomic E-state index is 0.342. The average Bonchev–Trinajstić information content (AvgIpc) is 2.33. The Bertz CT molecular complexity index is 283. The number of hydrogen-bond acceptors (Lipinski definition) is 3. The van der Waals surface area contributed by atoms with Crippen LogP contribution in [0.15, 0.2) is 12.2 Å². The molecule has 0 unspecified atom stereocenters. The van der Waals surface area contributed by atoms with Gasteiger partial charge in [0.2, 0.25) is 5.91 Å². The number of carboxylic acids is 1. The van der Waals surface area contributed by atoms with Crippen molar-refractivity contribution in [2.24, 2.45) is 0 Å².